The summed E-state index contributed by atoms with van der Waals surface area (Å²) in [6.07, 6.45) is 0. The molecule has 162 valence electrons. The van der Waals surface area contributed by atoms with E-state index in [1.54, 1.807) is 19.1 Å². The second kappa shape index (κ2) is 9.66. The van der Waals surface area contributed by atoms with Gasteiger partial charge in [0.25, 0.3) is 5.56 Å². The third-order valence-electron chi connectivity index (χ3n) is 4.82. The van der Waals surface area contributed by atoms with Crippen LogP contribution in [0, 0.1) is 0 Å². The van der Waals surface area contributed by atoms with E-state index in [9.17, 15) is 14.4 Å². The number of nitrogens with one attached hydrogen (secondary N) is 2. The molecular weight excluding hydrogens is 398 g/mol. The highest BCUT2D eigenvalue weighted by Crippen LogP contribution is 2.23. The lowest BCUT2D eigenvalue weighted by Gasteiger charge is -2.23. The van der Waals surface area contributed by atoms with Crippen molar-refractivity contribution in [2.45, 2.75) is 13.5 Å². The highest BCUT2D eigenvalue weighted by molar-refractivity contribution is 5.98. The number of benzene rings is 2. The lowest BCUT2D eigenvalue weighted by molar-refractivity contribution is -0.116. The first-order valence-electron chi connectivity index (χ1n) is 9.80. The van der Waals surface area contributed by atoms with Crippen LogP contribution in [-0.2, 0) is 11.3 Å². The fourth-order valence-corrected chi connectivity index (χ4v) is 3.28. The number of rotatable bonds is 8. The Balaban J connectivity index is 1.90. The monoisotopic (exact) mass is 423 g/mol. The standard InChI is InChI=1S/C22H25N5O4/c1-3-26(18(28)13-24-16-11-7-8-12-17(16)31-2)19-20(23)27(22(30)25-21(19)29)14-15-9-5-4-6-10-15/h4-12,24H,3,13-14,23H2,1-2H3,(H,25,29,30). The van der Waals surface area contributed by atoms with Crippen LogP contribution in [0.25, 0.3) is 0 Å². The van der Waals surface area contributed by atoms with Gasteiger partial charge in [0.15, 0.2) is 5.69 Å². The van der Waals surface area contributed by atoms with Gasteiger partial charge in [0, 0.05) is 6.54 Å². The van der Waals surface area contributed by atoms with Crippen LogP contribution in [0.15, 0.2) is 64.2 Å². The van der Waals surface area contributed by atoms with Gasteiger partial charge in [-0.25, -0.2) is 4.79 Å². The minimum Gasteiger partial charge on any atom is -0.495 e. The number of methoxy groups -OCH3 is 1. The van der Waals surface area contributed by atoms with Crippen molar-refractivity contribution in [2.24, 2.45) is 0 Å². The Morgan fingerprint density at radius 2 is 1.81 bits per heavy atom. The van der Waals surface area contributed by atoms with E-state index in [-0.39, 0.29) is 37.0 Å². The highest BCUT2D eigenvalue weighted by atomic mass is 16.5. The number of hydrogen-bond donors (Lipinski definition) is 3. The Morgan fingerprint density at radius 1 is 1.13 bits per heavy atom. The molecule has 0 aliphatic rings. The van der Waals surface area contributed by atoms with E-state index in [1.165, 1.54) is 16.6 Å². The number of amides is 1. The van der Waals surface area contributed by atoms with E-state index in [4.69, 9.17) is 10.5 Å². The normalized spacial score (nSPS) is 10.5. The summed E-state index contributed by atoms with van der Waals surface area (Å²) in [7, 11) is 1.54. The molecule has 3 aromatic rings. The summed E-state index contributed by atoms with van der Waals surface area (Å²) in [5.74, 6) is 0.146. The van der Waals surface area contributed by atoms with Crippen LogP contribution < -0.4 is 31.9 Å². The quantitative estimate of drug-likeness (QED) is 0.506. The largest absolute Gasteiger partial charge is 0.495 e. The zero-order valence-electron chi connectivity index (χ0n) is 17.4. The van der Waals surface area contributed by atoms with Crippen molar-refractivity contribution in [1.82, 2.24) is 9.55 Å². The van der Waals surface area contributed by atoms with E-state index in [0.29, 0.717) is 11.4 Å². The van der Waals surface area contributed by atoms with Crippen LogP contribution in [0.1, 0.15) is 12.5 Å². The fourth-order valence-electron chi connectivity index (χ4n) is 3.28. The van der Waals surface area contributed by atoms with E-state index in [1.807, 2.05) is 42.5 Å². The Morgan fingerprint density at radius 3 is 2.48 bits per heavy atom. The summed E-state index contributed by atoms with van der Waals surface area (Å²) in [5, 5.41) is 3.02. The summed E-state index contributed by atoms with van der Waals surface area (Å²) < 4.78 is 6.52. The SMILES string of the molecule is CCN(C(=O)CNc1ccccc1OC)c1c(N)n(Cc2ccccc2)c(=O)[nH]c1=O. The zero-order chi connectivity index (χ0) is 22.4. The van der Waals surface area contributed by atoms with Gasteiger partial charge in [0.05, 0.1) is 25.9 Å². The minimum atomic E-state index is -0.709. The number of hydrogen-bond acceptors (Lipinski definition) is 6. The Hall–Kier alpha value is -4.01. The van der Waals surface area contributed by atoms with Crippen molar-refractivity contribution < 1.29 is 9.53 Å². The molecule has 0 saturated carbocycles. The lowest BCUT2D eigenvalue weighted by Crippen LogP contribution is -2.43. The molecule has 0 saturated heterocycles. The zero-order valence-corrected chi connectivity index (χ0v) is 17.4. The van der Waals surface area contributed by atoms with E-state index in [2.05, 4.69) is 10.3 Å². The number of aromatic amines is 1. The molecule has 0 aliphatic heterocycles. The molecule has 0 radical (unpaired) electrons. The summed E-state index contributed by atoms with van der Waals surface area (Å²) in [6.45, 7) is 2.00. The molecule has 1 heterocycles. The average molecular weight is 423 g/mol. The minimum absolute atomic E-state index is 0.0511. The number of aromatic nitrogens is 2. The molecule has 0 aliphatic carbocycles. The van der Waals surface area contributed by atoms with Gasteiger partial charge in [-0.1, -0.05) is 42.5 Å². The Labute approximate surface area is 179 Å². The third-order valence-corrected chi connectivity index (χ3v) is 4.82. The summed E-state index contributed by atoms with van der Waals surface area (Å²) >= 11 is 0. The molecule has 0 unspecified atom stereocenters. The first-order chi connectivity index (χ1) is 15.0. The molecule has 0 fully saturated rings. The number of carbonyl (C=O) groups is 1. The molecule has 1 aromatic heterocycles. The van der Waals surface area contributed by atoms with Crippen LogP contribution in [0.5, 0.6) is 5.75 Å². The maximum atomic E-state index is 12.9. The van der Waals surface area contributed by atoms with E-state index in [0.717, 1.165) is 5.56 Å². The fraction of sp³-hybridized carbons (Fsp3) is 0.227. The van der Waals surface area contributed by atoms with Gasteiger partial charge < -0.3 is 20.7 Å². The van der Waals surface area contributed by atoms with Gasteiger partial charge >= 0.3 is 5.69 Å². The van der Waals surface area contributed by atoms with Gasteiger partial charge in [0.1, 0.15) is 11.6 Å². The van der Waals surface area contributed by atoms with Gasteiger partial charge in [0.2, 0.25) is 5.91 Å². The lowest BCUT2D eigenvalue weighted by atomic mass is 10.2. The molecule has 1 amide bonds. The van der Waals surface area contributed by atoms with Crippen LogP contribution in [0.2, 0.25) is 0 Å². The van der Waals surface area contributed by atoms with Crippen molar-refractivity contribution in [3.8, 4) is 5.75 Å². The van der Waals surface area contributed by atoms with Crippen molar-refractivity contribution in [1.29, 1.82) is 0 Å². The van der Waals surface area contributed by atoms with E-state index < -0.39 is 11.2 Å². The van der Waals surface area contributed by atoms with Crippen LogP contribution in [0.4, 0.5) is 17.2 Å². The molecular formula is C22H25N5O4. The van der Waals surface area contributed by atoms with Gasteiger partial charge in [-0.3, -0.25) is 19.1 Å². The van der Waals surface area contributed by atoms with Crippen LogP contribution >= 0.6 is 0 Å². The number of nitrogens with zero attached hydrogens (tertiary/aromatic N) is 2. The second-order valence-electron chi connectivity index (χ2n) is 6.76. The predicted octanol–water partition coefficient (Wildman–Crippen LogP) is 1.64. The molecule has 0 bridgehead atoms. The third kappa shape index (κ3) is 4.77. The molecule has 3 rings (SSSR count). The Kier molecular flexibility index (Phi) is 6.76. The number of para-hydroxylation sites is 2. The van der Waals surface area contributed by atoms with E-state index >= 15 is 0 Å². The number of carbonyl (C=O) groups excluding carboxylic acids is 1. The summed E-state index contributed by atoms with van der Waals surface area (Å²) in [5.41, 5.74) is 6.29. The number of likely N-dealkylation sites (N-methyl/N-ethyl adjacent to an activating group) is 1. The Bertz CT molecular complexity index is 1170. The molecule has 0 atom stereocenters. The van der Waals surface area contributed by atoms with Crippen molar-refractivity contribution in [3.05, 3.63) is 81.0 Å². The predicted molar refractivity (Wildman–Crippen MR) is 121 cm³/mol. The van der Waals surface area contributed by atoms with Gasteiger partial charge in [-0.15, -0.1) is 0 Å². The second-order valence-corrected chi connectivity index (χ2v) is 6.76. The maximum Gasteiger partial charge on any atom is 0.330 e. The van der Waals surface area contributed by atoms with Gasteiger partial charge in [-0.2, -0.15) is 0 Å². The molecule has 9 heteroatoms. The first kappa shape index (κ1) is 21.7. The van der Waals surface area contributed by atoms with Crippen molar-refractivity contribution in [3.63, 3.8) is 0 Å². The number of nitrogens with two attached hydrogens (primary N) is 1. The number of nitrogen functional groups attached to an aromatic ring is 1. The highest BCUT2D eigenvalue weighted by Gasteiger charge is 2.23. The molecule has 9 nitrogen and oxygen atoms in total. The topological polar surface area (TPSA) is 122 Å². The van der Waals surface area contributed by atoms with Gasteiger partial charge in [-0.05, 0) is 24.6 Å². The smallest absolute Gasteiger partial charge is 0.330 e. The number of ether oxygens (including phenoxy) is 1. The van der Waals surface area contributed by atoms with Crippen LogP contribution in [-0.4, -0.2) is 35.7 Å². The molecule has 0 spiro atoms. The van der Waals surface area contributed by atoms with Crippen LogP contribution in [0.3, 0.4) is 0 Å². The maximum absolute atomic E-state index is 12.9. The number of anilines is 3. The average Bonchev–Trinajstić information content (AvgIpc) is 2.78. The molecule has 31 heavy (non-hydrogen) atoms. The first-order valence-corrected chi connectivity index (χ1v) is 9.80. The molecule has 4 N–H and O–H groups in total. The molecule has 2 aromatic carbocycles. The van der Waals surface area contributed by atoms with Crippen molar-refractivity contribution >= 4 is 23.1 Å². The van der Waals surface area contributed by atoms with Crippen molar-refractivity contribution in [2.75, 3.05) is 36.1 Å². The summed E-state index contributed by atoms with van der Waals surface area (Å²) in [6, 6.07) is 16.4. The number of H-pyrrole nitrogens is 1. The summed E-state index contributed by atoms with van der Waals surface area (Å²) in [4.78, 5) is 41.4.